The molecule has 2 rings (SSSR count). The van der Waals surface area contributed by atoms with Gasteiger partial charge in [-0.05, 0) is 44.4 Å². The average Bonchev–Trinajstić information content (AvgIpc) is 2.56. The van der Waals surface area contributed by atoms with Crippen LogP contribution in [0.5, 0.6) is 0 Å². The molecule has 0 radical (unpaired) electrons. The molecular formula is C18H30N2O. The van der Waals surface area contributed by atoms with Gasteiger partial charge in [0.1, 0.15) is 0 Å². The molecule has 0 atom stereocenters. The highest BCUT2D eigenvalue weighted by Gasteiger charge is 2.30. The molecule has 3 nitrogen and oxygen atoms in total. The van der Waals surface area contributed by atoms with Gasteiger partial charge in [0.15, 0.2) is 0 Å². The highest BCUT2D eigenvalue weighted by atomic mass is 16.3. The van der Waals surface area contributed by atoms with E-state index in [1.165, 1.54) is 30.5 Å². The summed E-state index contributed by atoms with van der Waals surface area (Å²) >= 11 is 0. The molecule has 0 spiro atoms. The second kappa shape index (κ2) is 7.81. The van der Waals surface area contributed by atoms with E-state index in [4.69, 9.17) is 0 Å². The molecule has 1 aromatic rings. The second-order valence-electron chi connectivity index (χ2n) is 6.19. The molecule has 1 fully saturated rings. The number of rotatable bonds is 7. The van der Waals surface area contributed by atoms with E-state index in [1.54, 1.807) is 0 Å². The van der Waals surface area contributed by atoms with Crippen molar-refractivity contribution in [2.45, 2.75) is 58.0 Å². The third-order valence-electron chi connectivity index (χ3n) is 4.85. The van der Waals surface area contributed by atoms with E-state index >= 15 is 0 Å². The van der Waals surface area contributed by atoms with Gasteiger partial charge in [-0.3, -0.25) is 0 Å². The van der Waals surface area contributed by atoms with Gasteiger partial charge in [-0.2, -0.15) is 0 Å². The third kappa shape index (κ3) is 4.21. The summed E-state index contributed by atoms with van der Waals surface area (Å²) in [5.41, 5.74) is 2.54. The lowest BCUT2D eigenvalue weighted by Crippen LogP contribution is -2.49. The molecule has 2 N–H and O–H groups in total. The summed E-state index contributed by atoms with van der Waals surface area (Å²) < 4.78 is 0. The zero-order valence-electron chi connectivity index (χ0n) is 13.6. The largest absolute Gasteiger partial charge is 0.394 e. The van der Waals surface area contributed by atoms with Crippen LogP contribution in [0, 0.1) is 0 Å². The van der Waals surface area contributed by atoms with Crippen LogP contribution in [0.2, 0.25) is 0 Å². The summed E-state index contributed by atoms with van der Waals surface area (Å²) in [5.74, 6) is 0. The molecule has 118 valence electrons. The number of benzene rings is 1. The van der Waals surface area contributed by atoms with Gasteiger partial charge in [0, 0.05) is 30.9 Å². The normalized spacial score (nSPS) is 17.7. The maximum atomic E-state index is 9.73. The standard InChI is InChI=1S/C18H30N2O/c1-3-20(4-2)17-10-8-16(9-11-17)14-19-18(15-21)12-6-5-7-13-18/h8-11,19,21H,3-7,12-15H2,1-2H3. The summed E-state index contributed by atoms with van der Waals surface area (Å²) in [4.78, 5) is 2.35. The van der Waals surface area contributed by atoms with Crippen LogP contribution in [0.4, 0.5) is 5.69 Å². The minimum absolute atomic E-state index is 0.0458. The Hall–Kier alpha value is -1.06. The van der Waals surface area contributed by atoms with Crippen molar-refractivity contribution in [3.05, 3.63) is 29.8 Å². The quantitative estimate of drug-likeness (QED) is 0.808. The van der Waals surface area contributed by atoms with Crippen molar-refractivity contribution >= 4 is 5.69 Å². The molecule has 0 aromatic heterocycles. The summed E-state index contributed by atoms with van der Waals surface area (Å²) in [5, 5.41) is 13.3. The van der Waals surface area contributed by atoms with E-state index in [1.807, 2.05) is 0 Å². The van der Waals surface area contributed by atoms with Crippen molar-refractivity contribution in [3.8, 4) is 0 Å². The predicted molar refractivity (Wildman–Crippen MR) is 89.7 cm³/mol. The van der Waals surface area contributed by atoms with Gasteiger partial charge in [-0.25, -0.2) is 0 Å². The lowest BCUT2D eigenvalue weighted by atomic mass is 9.82. The van der Waals surface area contributed by atoms with Crippen LogP contribution in [0.1, 0.15) is 51.5 Å². The van der Waals surface area contributed by atoms with E-state index in [-0.39, 0.29) is 12.1 Å². The Morgan fingerprint density at radius 1 is 1.05 bits per heavy atom. The first kappa shape index (κ1) is 16.3. The Morgan fingerprint density at radius 3 is 2.19 bits per heavy atom. The first-order chi connectivity index (χ1) is 10.2. The third-order valence-corrected chi connectivity index (χ3v) is 4.85. The van der Waals surface area contributed by atoms with E-state index in [0.29, 0.717) is 0 Å². The predicted octanol–water partition coefficient (Wildman–Crippen LogP) is 3.32. The number of hydrogen-bond acceptors (Lipinski definition) is 3. The summed E-state index contributed by atoms with van der Waals surface area (Å²) in [6.07, 6.45) is 5.97. The minimum Gasteiger partial charge on any atom is -0.394 e. The van der Waals surface area contributed by atoms with Crippen molar-refractivity contribution in [2.24, 2.45) is 0 Å². The summed E-state index contributed by atoms with van der Waals surface area (Å²) in [6.45, 7) is 7.56. The fraction of sp³-hybridized carbons (Fsp3) is 0.667. The molecule has 21 heavy (non-hydrogen) atoms. The van der Waals surface area contributed by atoms with E-state index in [0.717, 1.165) is 32.5 Å². The molecule has 3 heteroatoms. The van der Waals surface area contributed by atoms with Gasteiger partial charge >= 0.3 is 0 Å². The van der Waals surface area contributed by atoms with Gasteiger partial charge in [-0.15, -0.1) is 0 Å². The van der Waals surface area contributed by atoms with Crippen LogP contribution >= 0.6 is 0 Å². The Morgan fingerprint density at radius 2 is 1.67 bits per heavy atom. The van der Waals surface area contributed by atoms with Gasteiger partial charge in [0.25, 0.3) is 0 Å². The molecular weight excluding hydrogens is 260 g/mol. The van der Waals surface area contributed by atoms with Crippen LogP contribution in [0.25, 0.3) is 0 Å². The zero-order chi connectivity index (χ0) is 15.1. The van der Waals surface area contributed by atoms with Crippen LogP contribution < -0.4 is 10.2 Å². The number of aliphatic hydroxyl groups excluding tert-OH is 1. The molecule has 1 aliphatic carbocycles. The average molecular weight is 290 g/mol. The Labute approximate surface area is 129 Å². The molecule has 0 amide bonds. The van der Waals surface area contributed by atoms with Crippen molar-refractivity contribution < 1.29 is 5.11 Å². The SMILES string of the molecule is CCN(CC)c1ccc(CNC2(CO)CCCCC2)cc1. The zero-order valence-corrected chi connectivity index (χ0v) is 13.6. The number of aliphatic hydroxyl groups is 1. The maximum Gasteiger partial charge on any atom is 0.0613 e. The van der Waals surface area contributed by atoms with Crippen molar-refractivity contribution in [1.29, 1.82) is 0 Å². The number of anilines is 1. The lowest BCUT2D eigenvalue weighted by Gasteiger charge is -2.36. The molecule has 0 heterocycles. The highest BCUT2D eigenvalue weighted by Crippen LogP contribution is 2.28. The summed E-state index contributed by atoms with van der Waals surface area (Å²) in [6, 6.07) is 8.82. The van der Waals surface area contributed by atoms with E-state index in [9.17, 15) is 5.11 Å². The summed E-state index contributed by atoms with van der Waals surface area (Å²) in [7, 11) is 0. The van der Waals surface area contributed by atoms with Crippen LogP contribution in [0.15, 0.2) is 24.3 Å². The lowest BCUT2D eigenvalue weighted by molar-refractivity contribution is 0.119. The minimum atomic E-state index is -0.0458. The number of nitrogens with zero attached hydrogens (tertiary/aromatic N) is 1. The van der Waals surface area contributed by atoms with E-state index < -0.39 is 0 Å². The highest BCUT2D eigenvalue weighted by molar-refractivity contribution is 5.47. The van der Waals surface area contributed by atoms with Crippen molar-refractivity contribution in [2.75, 3.05) is 24.6 Å². The Bertz CT molecular complexity index is 406. The first-order valence-corrected chi connectivity index (χ1v) is 8.43. The Kier molecular flexibility index (Phi) is 6.07. The molecule has 1 aromatic carbocycles. The van der Waals surface area contributed by atoms with Gasteiger partial charge in [0.05, 0.1) is 6.61 Å². The fourth-order valence-electron chi connectivity index (χ4n) is 3.32. The molecule has 1 aliphatic rings. The number of hydrogen-bond donors (Lipinski definition) is 2. The van der Waals surface area contributed by atoms with E-state index in [2.05, 4.69) is 48.3 Å². The van der Waals surface area contributed by atoms with Crippen LogP contribution in [0.3, 0.4) is 0 Å². The molecule has 0 saturated heterocycles. The monoisotopic (exact) mass is 290 g/mol. The van der Waals surface area contributed by atoms with Crippen molar-refractivity contribution in [1.82, 2.24) is 5.32 Å². The van der Waals surface area contributed by atoms with Crippen LogP contribution in [-0.2, 0) is 6.54 Å². The molecule has 0 aliphatic heterocycles. The first-order valence-electron chi connectivity index (χ1n) is 8.43. The van der Waals surface area contributed by atoms with Crippen molar-refractivity contribution in [3.63, 3.8) is 0 Å². The van der Waals surface area contributed by atoms with Gasteiger partial charge in [0.2, 0.25) is 0 Å². The van der Waals surface area contributed by atoms with Gasteiger partial charge in [-0.1, -0.05) is 31.4 Å². The van der Waals surface area contributed by atoms with Crippen LogP contribution in [-0.4, -0.2) is 30.3 Å². The van der Waals surface area contributed by atoms with Gasteiger partial charge < -0.3 is 15.3 Å². The molecule has 0 unspecified atom stereocenters. The Balaban J connectivity index is 1.93. The molecule has 1 saturated carbocycles. The number of nitrogens with one attached hydrogen (secondary N) is 1. The second-order valence-corrected chi connectivity index (χ2v) is 6.19. The molecule has 0 bridgehead atoms. The fourth-order valence-corrected chi connectivity index (χ4v) is 3.32. The topological polar surface area (TPSA) is 35.5 Å². The maximum absolute atomic E-state index is 9.73. The smallest absolute Gasteiger partial charge is 0.0613 e.